The molecule has 2 saturated heterocycles. The van der Waals surface area contributed by atoms with Crippen molar-refractivity contribution in [2.45, 2.75) is 19.0 Å². The number of anilines is 1. The fourth-order valence-electron chi connectivity index (χ4n) is 6.19. The lowest BCUT2D eigenvalue weighted by molar-refractivity contribution is -0.384. The Labute approximate surface area is 254 Å². The number of nitrogens with zero attached hydrogens (tertiary/aromatic N) is 3. The molecular formula is C32H24BrN3O7. The zero-order valence-corrected chi connectivity index (χ0v) is 24.6. The van der Waals surface area contributed by atoms with Gasteiger partial charge in [-0.1, -0.05) is 36.4 Å². The van der Waals surface area contributed by atoms with Crippen LogP contribution in [0.1, 0.15) is 26.3 Å². The highest BCUT2D eigenvalue weighted by molar-refractivity contribution is 9.10. The highest BCUT2D eigenvalue weighted by Gasteiger charge is 2.63. The van der Waals surface area contributed by atoms with Crippen LogP contribution in [0.4, 0.5) is 11.4 Å². The van der Waals surface area contributed by atoms with E-state index in [1.54, 1.807) is 78.7 Å². The van der Waals surface area contributed by atoms with Crippen molar-refractivity contribution in [1.29, 1.82) is 0 Å². The first-order chi connectivity index (χ1) is 20.6. The summed E-state index contributed by atoms with van der Waals surface area (Å²) in [4.78, 5) is 69.1. The highest BCUT2D eigenvalue weighted by atomic mass is 79.9. The molecule has 43 heavy (non-hydrogen) atoms. The largest absolute Gasteiger partial charge is 0.496 e. The molecule has 0 bridgehead atoms. The number of aryl methyl sites for hydroxylation is 1. The van der Waals surface area contributed by atoms with Crippen molar-refractivity contribution in [3.05, 3.63) is 122 Å². The van der Waals surface area contributed by atoms with Gasteiger partial charge >= 0.3 is 0 Å². The fraction of sp³-hybridized carbons (Fsp3) is 0.188. The number of benzene rings is 3. The van der Waals surface area contributed by atoms with E-state index in [4.69, 9.17) is 4.74 Å². The molecule has 3 aromatic rings. The standard InChI is InChI=1S/C32H24BrN3O7/c1-17-14-21(36(41)42)9-10-23(17)35-31(39)26-24-16-20(29(37)18-6-4-3-5-7-18)12-13-34(24)28(27(26)32(35)40)30(38)19-8-11-25(43-2)22(33)15-19/h3-16,24,26-28H,1-2H3. The van der Waals surface area contributed by atoms with Gasteiger partial charge in [0, 0.05) is 35.0 Å². The molecule has 0 aromatic heterocycles. The van der Waals surface area contributed by atoms with E-state index in [0.29, 0.717) is 32.5 Å². The lowest BCUT2D eigenvalue weighted by atomic mass is 9.85. The number of rotatable bonds is 7. The molecule has 3 aliphatic rings. The molecule has 4 atom stereocenters. The number of ether oxygens (including phenoxy) is 1. The average molecular weight is 642 g/mol. The molecule has 4 unspecified atom stereocenters. The summed E-state index contributed by atoms with van der Waals surface area (Å²) in [6.07, 6.45) is 4.87. The first kappa shape index (κ1) is 28.2. The number of fused-ring (bicyclic) bond motifs is 3. The summed E-state index contributed by atoms with van der Waals surface area (Å²) in [5, 5.41) is 11.3. The van der Waals surface area contributed by atoms with E-state index < -0.39 is 40.7 Å². The second kappa shape index (κ2) is 10.7. The molecule has 2 amide bonds. The topological polar surface area (TPSA) is 127 Å². The van der Waals surface area contributed by atoms with Crippen molar-refractivity contribution in [2.24, 2.45) is 11.8 Å². The third kappa shape index (κ3) is 4.56. The molecule has 0 radical (unpaired) electrons. The predicted octanol–water partition coefficient (Wildman–Crippen LogP) is 5.05. The van der Waals surface area contributed by atoms with Gasteiger partial charge in [-0.2, -0.15) is 0 Å². The number of non-ortho nitro benzene ring substituents is 1. The van der Waals surface area contributed by atoms with Gasteiger partial charge < -0.3 is 9.64 Å². The Kier molecular flexibility index (Phi) is 7.05. The van der Waals surface area contributed by atoms with Gasteiger partial charge in [0.25, 0.3) is 5.69 Å². The number of carbonyl (C=O) groups is 4. The molecule has 2 fully saturated rings. The normalized spacial score (nSPS) is 22.3. The number of carbonyl (C=O) groups excluding carboxylic acids is 4. The van der Waals surface area contributed by atoms with Crippen molar-refractivity contribution in [2.75, 3.05) is 12.0 Å². The summed E-state index contributed by atoms with van der Waals surface area (Å²) in [5.41, 5.74) is 1.54. The minimum atomic E-state index is -1.06. The van der Waals surface area contributed by atoms with E-state index in [0.717, 1.165) is 4.90 Å². The van der Waals surface area contributed by atoms with E-state index in [2.05, 4.69) is 15.9 Å². The molecule has 0 aliphatic carbocycles. The SMILES string of the molecule is COc1ccc(C(=O)C2C3C(=O)N(c4ccc([N+](=O)[O-])cc4C)C(=O)C3C3C=C(C(=O)c4ccccc4)C=CN32)cc1Br. The van der Waals surface area contributed by atoms with Crippen molar-refractivity contribution in [1.82, 2.24) is 4.90 Å². The van der Waals surface area contributed by atoms with Crippen LogP contribution in [-0.2, 0) is 9.59 Å². The van der Waals surface area contributed by atoms with E-state index in [1.807, 2.05) is 0 Å². The molecule has 3 aromatic carbocycles. The maximum atomic E-state index is 14.1. The van der Waals surface area contributed by atoms with Crippen LogP contribution in [0.5, 0.6) is 5.75 Å². The zero-order chi connectivity index (χ0) is 30.6. The van der Waals surface area contributed by atoms with Crippen LogP contribution in [0, 0.1) is 28.9 Å². The average Bonchev–Trinajstić information content (AvgIpc) is 3.48. The van der Waals surface area contributed by atoms with Gasteiger partial charge in [-0.3, -0.25) is 29.3 Å². The highest BCUT2D eigenvalue weighted by Crippen LogP contribution is 2.48. The molecule has 216 valence electrons. The summed E-state index contributed by atoms with van der Waals surface area (Å²) in [5.74, 6) is -3.25. The van der Waals surface area contributed by atoms with Gasteiger partial charge in [0.15, 0.2) is 11.6 Å². The molecule has 0 N–H and O–H groups in total. The van der Waals surface area contributed by atoms with Gasteiger partial charge in [-0.25, -0.2) is 4.90 Å². The number of amides is 2. The molecule has 3 aliphatic heterocycles. The minimum Gasteiger partial charge on any atom is -0.496 e. The number of halogens is 1. The Morgan fingerprint density at radius 3 is 2.33 bits per heavy atom. The second-order valence-corrected chi connectivity index (χ2v) is 11.4. The number of hydrogen-bond donors (Lipinski definition) is 0. The maximum Gasteiger partial charge on any atom is 0.269 e. The quantitative estimate of drug-likeness (QED) is 0.152. The summed E-state index contributed by atoms with van der Waals surface area (Å²) < 4.78 is 5.84. The first-order valence-electron chi connectivity index (χ1n) is 13.4. The van der Waals surface area contributed by atoms with E-state index in [9.17, 15) is 29.3 Å². The summed E-state index contributed by atoms with van der Waals surface area (Å²) in [6, 6.07) is 15.6. The number of Topliss-reactive ketones (excluding diaryl/α,β-unsaturated/α-hetero) is 2. The van der Waals surface area contributed by atoms with Crippen LogP contribution >= 0.6 is 15.9 Å². The number of ketones is 2. The third-order valence-corrected chi connectivity index (χ3v) is 8.80. The van der Waals surface area contributed by atoms with Gasteiger partial charge in [0.2, 0.25) is 11.8 Å². The minimum absolute atomic E-state index is 0.172. The Bertz CT molecular complexity index is 1780. The lowest BCUT2D eigenvalue weighted by Gasteiger charge is -2.33. The summed E-state index contributed by atoms with van der Waals surface area (Å²) in [7, 11) is 1.50. The number of nitro benzene ring substituents is 1. The van der Waals surface area contributed by atoms with Crippen molar-refractivity contribution in [3.63, 3.8) is 0 Å². The van der Waals surface area contributed by atoms with Crippen LogP contribution in [0.3, 0.4) is 0 Å². The van der Waals surface area contributed by atoms with Crippen molar-refractivity contribution < 1.29 is 28.8 Å². The Morgan fingerprint density at radius 1 is 0.953 bits per heavy atom. The van der Waals surface area contributed by atoms with Gasteiger partial charge in [-0.15, -0.1) is 0 Å². The van der Waals surface area contributed by atoms with Crippen molar-refractivity contribution in [3.8, 4) is 5.75 Å². The van der Waals surface area contributed by atoms with E-state index in [-0.39, 0.29) is 22.9 Å². The van der Waals surface area contributed by atoms with E-state index in [1.165, 1.54) is 25.3 Å². The van der Waals surface area contributed by atoms with Gasteiger partial charge in [0.05, 0.1) is 40.1 Å². The smallest absolute Gasteiger partial charge is 0.269 e. The molecule has 3 heterocycles. The first-order valence-corrected chi connectivity index (χ1v) is 14.2. The van der Waals surface area contributed by atoms with Crippen LogP contribution in [0.2, 0.25) is 0 Å². The molecule has 6 rings (SSSR count). The number of nitro groups is 1. The maximum absolute atomic E-state index is 14.1. The molecule has 0 spiro atoms. The van der Waals surface area contributed by atoms with Gasteiger partial charge in [0.1, 0.15) is 11.8 Å². The van der Waals surface area contributed by atoms with Crippen LogP contribution in [0.25, 0.3) is 0 Å². The number of allylic oxidation sites excluding steroid dienone is 2. The molecule has 0 saturated carbocycles. The lowest BCUT2D eigenvalue weighted by Crippen LogP contribution is -2.46. The van der Waals surface area contributed by atoms with E-state index >= 15 is 0 Å². The molecule has 11 heteroatoms. The number of imide groups is 1. The summed E-state index contributed by atoms with van der Waals surface area (Å²) >= 11 is 3.41. The Hall–Kier alpha value is -4.90. The summed E-state index contributed by atoms with van der Waals surface area (Å²) in [6.45, 7) is 1.58. The van der Waals surface area contributed by atoms with Crippen LogP contribution in [0.15, 0.2) is 95.1 Å². The predicted molar refractivity (Wildman–Crippen MR) is 160 cm³/mol. The molecule has 10 nitrogen and oxygen atoms in total. The van der Waals surface area contributed by atoms with Crippen LogP contribution < -0.4 is 9.64 Å². The monoisotopic (exact) mass is 641 g/mol. The fourth-order valence-corrected chi connectivity index (χ4v) is 6.73. The number of methoxy groups -OCH3 is 1. The second-order valence-electron chi connectivity index (χ2n) is 10.5. The molecular weight excluding hydrogens is 618 g/mol. The Balaban J connectivity index is 1.44. The Morgan fingerprint density at radius 2 is 1.67 bits per heavy atom. The van der Waals surface area contributed by atoms with Gasteiger partial charge in [-0.05, 0) is 58.8 Å². The van der Waals surface area contributed by atoms with Crippen molar-refractivity contribution >= 4 is 50.7 Å². The number of hydrogen-bond acceptors (Lipinski definition) is 8. The zero-order valence-electron chi connectivity index (χ0n) is 23.0. The van der Waals surface area contributed by atoms with Crippen LogP contribution in [-0.4, -0.2) is 52.4 Å². The third-order valence-electron chi connectivity index (χ3n) is 8.18.